The van der Waals surface area contributed by atoms with Crippen molar-refractivity contribution in [1.82, 2.24) is 4.90 Å². The maximum absolute atomic E-state index is 13.0. The van der Waals surface area contributed by atoms with Gasteiger partial charge in [0.15, 0.2) is 0 Å². The second-order valence-electron chi connectivity index (χ2n) is 6.31. The fraction of sp³-hybridized carbons (Fsp3) is 0.588. The summed E-state index contributed by atoms with van der Waals surface area (Å²) in [4.78, 5) is 17.5. The van der Waals surface area contributed by atoms with Crippen molar-refractivity contribution in [3.63, 3.8) is 0 Å². The Bertz CT molecular complexity index is 523. The predicted octanol–water partition coefficient (Wildman–Crippen LogP) is 3.52. The molecule has 114 valence electrons. The Hall–Kier alpha value is -0.620. The van der Waals surface area contributed by atoms with E-state index in [2.05, 4.69) is 52.6 Å². The summed E-state index contributed by atoms with van der Waals surface area (Å²) in [5.41, 5.74) is 0.991. The van der Waals surface area contributed by atoms with E-state index in [0.717, 1.165) is 44.6 Å². The zero-order chi connectivity index (χ0) is 14.9. The van der Waals surface area contributed by atoms with Gasteiger partial charge in [0.2, 0.25) is 5.91 Å². The quantitative estimate of drug-likeness (QED) is 0.728. The first-order valence-electron chi connectivity index (χ1n) is 7.94. The van der Waals surface area contributed by atoms with Crippen LogP contribution in [0.3, 0.4) is 0 Å². The van der Waals surface area contributed by atoms with E-state index in [1.807, 2.05) is 11.0 Å². The van der Waals surface area contributed by atoms with Gasteiger partial charge in [-0.15, -0.1) is 0 Å². The summed E-state index contributed by atoms with van der Waals surface area (Å²) in [6.45, 7) is 6.45. The van der Waals surface area contributed by atoms with Crippen LogP contribution in [0.5, 0.6) is 0 Å². The first-order chi connectivity index (χ1) is 10.1. The molecule has 21 heavy (non-hydrogen) atoms. The molecule has 1 amide bonds. The van der Waals surface area contributed by atoms with Gasteiger partial charge in [0.1, 0.15) is 0 Å². The van der Waals surface area contributed by atoms with Crippen LogP contribution < -0.4 is 4.90 Å². The molecule has 3 nitrogen and oxygen atoms in total. The molecule has 2 fully saturated rings. The molecule has 0 saturated carbocycles. The number of halogens is 1. The molecule has 0 bridgehead atoms. The summed E-state index contributed by atoms with van der Waals surface area (Å²) in [5, 5.41) is 0. The Balaban J connectivity index is 1.72. The van der Waals surface area contributed by atoms with Crippen molar-refractivity contribution in [2.24, 2.45) is 5.41 Å². The molecule has 2 aliphatic rings. The third kappa shape index (κ3) is 2.97. The van der Waals surface area contributed by atoms with Crippen molar-refractivity contribution >= 4 is 34.2 Å². The van der Waals surface area contributed by atoms with Crippen molar-refractivity contribution < 1.29 is 4.79 Å². The molecule has 3 rings (SSSR count). The van der Waals surface area contributed by atoms with Gasteiger partial charge in [0.25, 0.3) is 0 Å². The van der Waals surface area contributed by atoms with Gasteiger partial charge in [-0.3, -0.25) is 4.79 Å². The van der Waals surface area contributed by atoms with E-state index in [1.165, 1.54) is 16.5 Å². The van der Waals surface area contributed by atoms with Crippen LogP contribution in [0.15, 0.2) is 24.3 Å². The van der Waals surface area contributed by atoms with Gasteiger partial charge >= 0.3 is 0 Å². The van der Waals surface area contributed by atoms with Crippen LogP contribution in [0.2, 0.25) is 0 Å². The topological polar surface area (TPSA) is 23.6 Å². The van der Waals surface area contributed by atoms with Crippen molar-refractivity contribution in [3.8, 4) is 0 Å². The van der Waals surface area contributed by atoms with Crippen LogP contribution in [-0.2, 0) is 4.79 Å². The Kier molecular flexibility index (Phi) is 4.54. The lowest BCUT2D eigenvalue weighted by Gasteiger charge is -2.37. The van der Waals surface area contributed by atoms with Gasteiger partial charge in [0.05, 0.1) is 5.41 Å². The molecular weight excluding hydrogens is 375 g/mol. The highest BCUT2D eigenvalue weighted by Gasteiger charge is 2.48. The first kappa shape index (κ1) is 15.3. The molecule has 1 spiro atoms. The molecule has 1 aromatic carbocycles. The van der Waals surface area contributed by atoms with Crippen molar-refractivity contribution in [3.05, 3.63) is 27.8 Å². The fourth-order valence-electron chi connectivity index (χ4n) is 3.70. The van der Waals surface area contributed by atoms with Crippen molar-refractivity contribution in [2.45, 2.75) is 32.6 Å². The number of anilines is 1. The number of carbonyl (C=O) groups is 1. The summed E-state index contributed by atoms with van der Waals surface area (Å²) in [6.07, 6.45) is 4.30. The maximum atomic E-state index is 13.0. The van der Waals surface area contributed by atoms with Gasteiger partial charge in [-0.05, 0) is 86.1 Å². The van der Waals surface area contributed by atoms with Crippen LogP contribution in [0.1, 0.15) is 32.6 Å². The fourth-order valence-corrected chi connectivity index (χ4v) is 4.22. The highest BCUT2D eigenvalue weighted by Crippen LogP contribution is 2.43. The van der Waals surface area contributed by atoms with E-state index in [-0.39, 0.29) is 5.41 Å². The Labute approximate surface area is 140 Å². The molecule has 0 N–H and O–H groups in total. The van der Waals surface area contributed by atoms with Crippen molar-refractivity contribution in [2.75, 3.05) is 31.1 Å². The average molecular weight is 398 g/mol. The Morgan fingerprint density at radius 2 is 1.90 bits per heavy atom. The Morgan fingerprint density at radius 1 is 1.19 bits per heavy atom. The number of hydrogen-bond donors (Lipinski definition) is 0. The van der Waals surface area contributed by atoms with Gasteiger partial charge in [0, 0.05) is 15.8 Å². The zero-order valence-electron chi connectivity index (χ0n) is 12.6. The zero-order valence-corrected chi connectivity index (χ0v) is 14.8. The molecule has 2 heterocycles. The molecule has 0 unspecified atom stereocenters. The average Bonchev–Trinajstić information content (AvgIpc) is 2.79. The standard InChI is InChI=1S/C17H23IN2O/c1-2-9-19-10-6-17(7-11-19)8-12-20(16(17)21)15-5-3-4-14(18)13-15/h3-5,13H,2,6-12H2,1H3. The van der Waals surface area contributed by atoms with Crippen LogP contribution in [0.25, 0.3) is 0 Å². The molecule has 2 aliphatic heterocycles. The second kappa shape index (κ2) is 6.24. The van der Waals surface area contributed by atoms with E-state index in [4.69, 9.17) is 0 Å². The molecule has 0 aromatic heterocycles. The monoisotopic (exact) mass is 398 g/mol. The lowest BCUT2D eigenvalue weighted by molar-refractivity contribution is -0.128. The van der Waals surface area contributed by atoms with Crippen LogP contribution in [0.4, 0.5) is 5.69 Å². The number of amides is 1. The predicted molar refractivity (Wildman–Crippen MR) is 94.5 cm³/mol. The lowest BCUT2D eigenvalue weighted by Crippen LogP contribution is -2.44. The molecule has 0 radical (unpaired) electrons. The van der Waals surface area contributed by atoms with Gasteiger partial charge in [-0.1, -0.05) is 13.0 Å². The highest BCUT2D eigenvalue weighted by molar-refractivity contribution is 14.1. The molecule has 1 aromatic rings. The summed E-state index contributed by atoms with van der Waals surface area (Å²) >= 11 is 2.31. The number of nitrogens with zero attached hydrogens (tertiary/aromatic N) is 2. The number of hydrogen-bond acceptors (Lipinski definition) is 2. The number of rotatable bonds is 3. The minimum absolute atomic E-state index is 0.0779. The van der Waals surface area contributed by atoms with Gasteiger partial charge in [-0.2, -0.15) is 0 Å². The molecule has 0 atom stereocenters. The highest BCUT2D eigenvalue weighted by atomic mass is 127. The van der Waals surface area contributed by atoms with E-state index in [1.54, 1.807) is 0 Å². The second-order valence-corrected chi connectivity index (χ2v) is 7.55. The minimum Gasteiger partial charge on any atom is -0.312 e. The maximum Gasteiger partial charge on any atom is 0.233 e. The molecule has 0 aliphatic carbocycles. The van der Waals surface area contributed by atoms with E-state index in [0.29, 0.717) is 5.91 Å². The lowest BCUT2D eigenvalue weighted by atomic mass is 9.77. The minimum atomic E-state index is -0.0779. The molecular formula is C17H23IN2O. The van der Waals surface area contributed by atoms with Crippen LogP contribution in [-0.4, -0.2) is 37.0 Å². The largest absolute Gasteiger partial charge is 0.312 e. The number of benzene rings is 1. The van der Waals surface area contributed by atoms with E-state index >= 15 is 0 Å². The van der Waals surface area contributed by atoms with Crippen molar-refractivity contribution in [1.29, 1.82) is 0 Å². The smallest absolute Gasteiger partial charge is 0.233 e. The number of carbonyl (C=O) groups excluding carboxylic acids is 1. The third-order valence-electron chi connectivity index (χ3n) is 4.99. The summed E-state index contributed by atoms with van der Waals surface area (Å²) < 4.78 is 1.19. The Morgan fingerprint density at radius 3 is 2.57 bits per heavy atom. The third-order valence-corrected chi connectivity index (χ3v) is 5.66. The number of piperidine rings is 1. The van der Waals surface area contributed by atoms with Crippen LogP contribution in [0, 0.1) is 8.99 Å². The van der Waals surface area contributed by atoms with Gasteiger partial charge in [-0.25, -0.2) is 0 Å². The molecule has 2 saturated heterocycles. The summed E-state index contributed by atoms with van der Waals surface area (Å²) in [7, 11) is 0. The van der Waals surface area contributed by atoms with Gasteiger partial charge < -0.3 is 9.80 Å². The normalized spacial score (nSPS) is 22.2. The van der Waals surface area contributed by atoms with Crippen LogP contribution >= 0.6 is 22.6 Å². The summed E-state index contributed by atoms with van der Waals surface area (Å²) in [6, 6.07) is 8.29. The van der Waals surface area contributed by atoms with E-state index < -0.39 is 0 Å². The van der Waals surface area contributed by atoms with E-state index in [9.17, 15) is 4.79 Å². The SMILES string of the molecule is CCCN1CCC2(CC1)CCN(c1cccc(I)c1)C2=O. The summed E-state index contributed by atoms with van der Waals surface area (Å²) in [5.74, 6) is 0.362. The molecule has 4 heteroatoms. The number of likely N-dealkylation sites (tertiary alicyclic amines) is 1. The first-order valence-corrected chi connectivity index (χ1v) is 9.02.